The maximum absolute atomic E-state index is 13.1. The third-order valence-corrected chi connectivity index (χ3v) is 6.37. The van der Waals surface area contributed by atoms with Crippen molar-refractivity contribution in [3.8, 4) is 5.75 Å². The van der Waals surface area contributed by atoms with E-state index in [1.165, 1.54) is 24.3 Å². The molecular weight excluding hydrogens is 431 g/mol. The predicted molar refractivity (Wildman–Crippen MR) is 113 cm³/mol. The Kier molecular flexibility index (Phi) is 7.33. The lowest BCUT2D eigenvalue weighted by molar-refractivity contribution is 0.0905. The van der Waals surface area contributed by atoms with E-state index in [0.29, 0.717) is 24.4 Å². The van der Waals surface area contributed by atoms with E-state index < -0.39 is 15.7 Å². The van der Waals surface area contributed by atoms with Gasteiger partial charge in [-0.05, 0) is 49.2 Å². The maximum atomic E-state index is 13.1. The molecule has 0 saturated carbocycles. The van der Waals surface area contributed by atoms with E-state index in [4.69, 9.17) is 16.3 Å². The Morgan fingerprint density at radius 2 is 1.97 bits per heavy atom. The molecule has 0 unspecified atom stereocenters. The molecule has 2 aromatic carbocycles. The molecule has 3 rings (SSSR count). The minimum Gasteiger partial charge on any atom is -0.489 e. The van der Waals surface area contributed by atoms with Crippen molar-refractivity contribution in [1.82, 2.24) is 10.2 Å². The lowest BCUT2D eigenvalue weighted by Gasteiger charge is -2.32. The number of carbonyl (C=O) groups is 1. The number of hydrogen-bond donors (Lipinski definition) is 1. The van der Waals surface area contributed by atoms with Crippen LogP contribution in [0.3, 0.4) is 0 Å². The van der Waals surface area contributed by atoms with Gasteiger partial charge in [0.25, 0.3) is 5.91 Å². The SMILES string of the molecule is CS(=O)(=O)c1cccc(C(=O)NCCN2CCC(Oc3ccc(F)cc3Cl)CC2)c1. The summed E-state index contributed by atoms with van der Waals surface area (Å²) in [6.07, 6.45) is 2.73. The van der Waals surface area contributed by atoms with Crippen molar-refractivity contribution >= 4 is 27.3 Å². The number of ether oxygens (including phenoxy) is 1. The van der Waals surface area contributed by atoms with Gasteiger partial charge in [-0.2, -0.15) is 0 Å². The first-order chi connectivity index (χ1) is 14.2. The van der Waals surface area contributed by atoms with Gasteiger partial charge in [-0.15, -0.1) is 0 Å². The minimum absolute atomic E-state index is 0.0116. The highest BCUT2D eigenvalue weighted by Gasteiger charge is 2.21. The highest BCUT2D eigenvalue weighted by atomic mass is 35.5. The molecule has 9 heteroatoms. The maximum Gasteiger partial charge on any atom is 0.251 e. The van der Waals surface area contributed by atoms with Crippen LogP contribution in [0.15, 0.2) is 47.4 Å². The van der Waals surface area contributed by atoms with Gasteiger partial charge >= 0.3 is 0 Å². The molecule has 0 aliphatic carbocycles. The van der Waals surface area contributed by atoms with Crippen molar-refractivity contribution in [1.29, 1.82) is 0 Å². The number of benzene rings is 2. The molecule has 1 aliphatic heterocycles. The van der Waals surface area contributed by atoms with Gasteiger partial charge in [-0.3, -0.25) is 4.79 Å². The largest absolute Gasteiger partial charge is 0.489 e. The van der Waals surface area contributed by atoms with Crippen LogP contribution in [0.2, 0.25) is 5.02 Å². The Bertz CT molecular complexity index is 1010. The van der Waals surface area contributed by atoms with Gasteiger partial charge in [0.1, 0.15) is 17.7 Å². The Hall–Kier alpha value is -2.16. The first kappa shape index (κ1) is 22.5. The van der Waals surface area contributed by atoms with Crippen molar-refractivity contribution in [2.75, 3.05) is 32.4 Å². The smallest absolute Gasteiger partial charge is 0.251 e. The summed E-state index contributed by atoms with van der Waals surface area (Å²) in [7, 11) is -3.36. The second-order valence-electron chi connectivity index (χ2n) is 7.29. The summed E-state index contributed by atoms with van der Waals surface area (Å²) in [6, 6.07) is 10.1. The van der Waals surface area contributed by atoms with Crippen molar-refractivity contribution in [3.05, 3.63) is 58.9 Å². The summed E-state index contributed by atoms with van der Waals surface area (Å²) >= 11 is 6.01. The second kappa shape index (κ2) is 9.76. The molecule has 6 nitrogen and oxygen atoms in total. The molecule has 162 valence electrons. The lowest BCUT2D eigenvalue weighted by Crippen LogP contribution is -2.42. The van der Waals surface area contributed by atoms with Gasteiger partial charge in [0.2, 0.25) is 0 Å². The fourth-order valence-corrected chi connectivity index (χ4v) is 4.18. The van der Waals surface area contributed by atoms with Crippen LogP contribution in [0.25, 0.3) is 0 Å². The normalized spacial score (nSPS) is 15.7. The van der Waals surface area contributed by atoms with E-state index in [9.17, 15) is 17.6 Å². The van der Waals surface area contributed by atoms with E-state index in [-0.39, 0.29) is 21.9 Å². The minimum atomic E-state index is -3.36. The number of hydrogen-bond acceptors (Lipinski definition) is 5. The number of halogens is 2. The first-order valence-corrected chi connectivity index (χ1v) is 11.9. The van der Waals surface area contributed by atoms with E-state index in [2.05, 4.69) is 10.2 Å². The van der Waals surface area contributed by atoms with Gasteiger partial charge in [-0.25, -0.2) is 12.8 Å². The fraction of sp³-hybridized carbons (Fsp3) is 0.381. The Balaban J connectivity index is 1.42. The van der Waals surface area contributed by atoms with Crippen molar-refractivity contribution in [2.45, 2.75) is 23.8 Å². The first-order valence-electron chi connectivity index (χ1n) is 9.65. The fourth-order valence-electron chi connectivity index (χ4n) is 3.30. The molecule has 0 aromatic heterocycles. The molecule has 1 heterocycles. The Morgan fingerprint density at radius 3 is 2.63 bits per heavy atom. The van der Waals surface area contributed by atoms with Gasteiger partial charge in [0.15, 0.2) is 9.84 Å². The molecule has 0 radical (unpaired) electrons. The molecular formula is C21H24ClFN2O4S. The zero-order valence-corrected chi connectivity index (χ0v) is 18.2. The third-order valence-electron chi connectivity index (χ3n) is 4.96. The van der Waals surface area contributed by atoms with Gasteiger partial charge in [0, 0.05) is 38.0 Å². The average Bonchev–Trinajstić information content (AvgIpc) is 2.71. The molecule has 2 aromatic rings. The number of piperidine rings is 1. The molecule has 1 aliphatic rings. The van der Waals surface area contributed by atoms with Crippen LogP contribution in [0.5, 0.6) is 5.75 Å². The number of nitrogens with zero attached hydrogens (tertiary/aromatic N) is 1. The van der Waals surface area contributed by atoms with Crippen LogP contribution in [0.4, 0.5) is 4.39 Å². The molecule has 30 heavy (non-hydrogen) atoms. The van der Waals surface area contributed by atoms with Crippen molar-refractivity contribution < 1.29 is 22.3 Å². The lowest BCUT2D eigenvalue weighted by atomic mass is 10.1. The zero-order chi connectivity index (χ0) is 21.7. The van der Waals surface area contributed by atoms with Crippen LogP contribution in [0, 0.1) is 5.82 Å². The molecule has 1 saturated heterocycles. The van der Waals surface area contributed by atoms with E-state index in [0.717, 1.165) is 32.2 Å². The van der Waals surface area contributed by atoms with Gasteiger partial charge in [0.05, 0.1) is 9.92 Å². The van der Waals surface area contributed by atoms with E-state index in [1.54, 1.807) is 18.2 Å². The molecule has 0 bridgehead atoms. The summed E-state index contributed by atoms with van der Waals surface area (Å²) in [4.78, 5) is 14.6. The summed E-state index contributed by atoms with van der Waals surface area (Å²) in [5, 5.41) is 3.09. The van der Waals surface area contributed by atoms with Gasteiger partial charge < -0.3 is 15.0 Å². The molecule has 1 amide bonds. The number of carbonyl (C=O) groups excluding carboxylic acids is 1. The number of nitrogens with one attached hydrogen (secondary N) is 1. The summed E-state index contributed by atoms with van der Waals surface area (Å²) in [5.74, 6) is -0.211. The second-order valence-corrected chi connectivity index (χ2v) is 9.71. The van der Waals surface area contributed by atoms with E-state index in [1.807, 2.05) is 0 Å². The predicted octanol–water partition coefficient (Wildman–Crippen LogP) is 3.16. The van der Waals surface area contributed by atoms with Crippen molar-refractivity contribution in [2.24, 2.45) is 0 Å². The summed E-state index contributed by atoms with van der Waals surface area (Å²) < 4.78 is 42.3. The Morgan fingerprint density at radius 1 is 1.23 bits per heavy atom. The van der Waals surface area contributed by atoms with Crippen LogP contribution < -0.4 is 10.1 Å². The quantitative estimate of drug-likeness (QED) is 0.695. The molecule has 0 spiro atoms. The van der Waals surface area contributed by atoms with Crippen molar-refractivity contribution in [3.63, 3.8) is 0 Å². The average molecular weight is 455 g/mol. The molecule has 1 fully saturated rings. The highest BCUT2D eigenvalue weighted by molar-refractivity contribution is 7.90. The number of sulfone groups is 1. The van der Waals surface area contributed by atoms with Crippen LogP contribution in [-0.2, 0) is 9.84 Å². The zero-order valence-electron chi connectivity index (χ0n) is 16.6. The topological polar surface area (TPSA) is 75.7 Å². The van der Waals surface area contributed by atoms with Crippen LogP contribution in [0.1, 0.15) is 23.2 Å². The summed E-state index contributed by atoms with van der Waals surface area (Å²) in [6.45, 7) is 2.75. The van der Waals surface area contributed by atoms with Crippen LogP contribution >= 0.6 is 11.6 Å². The molecule has 0 atom stereocenters. The van der Waals surface area contributed by atoms with E-state index >= 15 is 0 Å². The number of rotatable bonds is 7. The Labute approximate surface area is 180 Å². The standard InChI is InChI=1S/C21H24ClFN2O4S/c1-30(27,28)18-4-2-3-15(13-18)21(26)24-9-12-25-10-7-17(8-11-25)29-20-6-5-16(23)14-19(20)22/h2-6,13-14,17H,7-12H2,1H3,(H,24,26). The third kappa shape index (κ3) is 6.17. The summed E-state index contributed by atoms with van der Waals surface area (Å²) in [5.41, 5.74) is 0.321. The number of likely N-dealkylation sites (tertiary alicyclic amines) is 1. The van der Waals surface area contributed by atoms with Gasteiger partial charge in [-0.1, -0.05) is 17.7 Å². The molecule has 1 N–H and O–H groups in total. The monoisotopic (exact) mass is 454 g/mol. The highest BCUT2D eigenvalue weighted by Crippen LogP contribution is 2.28. The van der Waals surface area contributed by atoms with Crippen LogP contribution in [-0.4, -0.2) is 57.8 Å². The number of amides is 1.